The third-order valence-corrected chi connectivity index (χ3v) is 5.05. The Labute approximate surface area is 202 Å². The first kappa shape index (κ1) is 29.3. The predicted octanol–water partition coefficient (Wildman–Crippen LogP) is -1.58. The molecule has 3 amide bonds. The van der Waals surface area contributed by atoms with Crippen LogP contribution in [0.15, 0.2) is 24.3 Å². The largest absolute Gasteiger partial charge is 0.508 e. The smallest absolute Gasteiger partial charge is 0.326 e. The SMILES string of the molecule is CC(NC(=O)C(CCCCN)NC(=O)C(N)Cc1ccc(O)cc1)C(=O)NC(CC(=O)O)C(=O)O. The molecule has 0 aliphatic rings. The lowest BCUT2D eigenvalue weighted by Crippen LogP contribution is -2.56. The Kier molecular flexibility index (Phi) is 12.2. The van der Waals surface area contributed by atoms with E-state index in [9.17, 15) is 29.1 Å². The molecule has 0 saturated heterocycles. The number of carbonyl (C=O) groups excluding carboxylic acids is 3. The van der Waals surface area contributed by atoms with Gasteiger partial charge in [0, 0.05) is 0 Å². The van der Waals surface area contributed by atoms with E-state index in [2.05, 4.69) is 16.0 Å². The summed E-state index contributed by atoms with van der Waals surface area (Å²) in [6, 6.07) is 1.24. The number of nitrogens with two attached hydrogens (primary N) is 2. The first-order valence-corrected chi connectivity index (χ1v) is 11.0. The van der Waals surface area contributed by atoms with Gasteiger partial charge >= 0.3 is 11.9 Å². The molecule has 0 heterocycles. The van der Waals surface area contributed by atoms with Crippen LogP contribution in [-0.4, -0.2) is 75.7 Å². The average molecular weight is 496 g/mol. The van der Waals surface area contributed by atoms with Crippen LogP contribution in [0, 0.1) is 0 Å². The number of hydrogen-bond acceptors (Lipinski definition) is 8. The summed E-state index contributed by atoms with van der Waals surface area (Å²) < 4.78 is 0. The van der Waals surface area contributed by atoms with Gasteiger partial charge in [0.25, 0.3) is 0 Å². The van der Waals surface area contributed by atoms with Crippen molar-refractivity contribution in [3.05, 3.63) is 29.8 Å². The molecule has 0 spiro atoms. The second-order valence-corrected chi connectivity index (χ2v) is 8.05. The fraction of sp³-hybridized carbons (Fsp3) is 0.500. The van der Waals surface area contributed by atoms with Crippen molar-refractivity contribution in [2.75, 3.05) is 6.54 Å². The van der Waals surface area contributed by atoms with E-state index in [1.54, 1.807) is 12.1 Å². The topological polar surface area (TPSA) is 234 Å². The number of amides is 3. The second kappa shape index (κ2) is 14.5. The highest BCUT2D eigenvalue weighted by Gasteiger charge is 2.29. The molecule has 4 atom stereocenters. The van der Waals surface area contributed by atoms with Gasteiger partial charge in [0.2, 0.25) is 17.7 Å². The standard InChI is InChI=1S/C22H33N5O8/c1-12(19(31)27-17(22(34)35)11-18(29)30)25-21(33)16(4-2-3-9-23)26-20(32)15(24)10-13-5-7-14(28)8-6-13/h5-8,12,15-17,28H,2-4,9-11,23-24H2,1H3,(H,25,33)(H,26,32)(H,27,31)(H,29,30)(H,34,35). The molecule has 4 unspecified atom stereocenters. The zero-order valence-electron chi connectivity index (χ0n) is 19.4. The van der Waals surface area contributed by atoms with Crippen LogP contribution >= 0.6 is 0 Å². The Morgan fingerprint density at radius 3 is 2.03 bits per heavy atom. The number of phenols is 1. The highest BCUT2D eigenvalue weighted by Crippen LogP contribution is 2.11. The molecule has 1 aromatic carbocycles. The number of unbranched alkanes of at least 4 members (excludes halogenated alkanes) is 1. The first-order valence-electron chi connectivity index (χ1n) is 11.0. The number of phenolic OH excluding ortho intramolecular Hbond substituents is 1. The minimum absolute atomic E-state index is 0.0687. The maximum atomic E-state index is 12.8. The summed E-state index contributed by atoms with van der Waals surface area (Å²) in [4.78, 5) is 59.6. The van der Waals surface area contributed by atoms with Crippen LogP contribution in [0.5, 0.6) is 5.75 Å². The molecule has 10 N–H and O–H groups in total. The molecule has 1 rings (SSSR count). The molecule has 194 valence electrons. The number of benzene rings is 1. The lowest BCUT2D eigenvalue weighted by atomic mass is 10.0. The van der Waals surface area contributed by atoms with Gasteiger partial charge in [0.15, 0.2) is 0 Å². The normalized spacial score (nSPS) is 14.1. The van der Waals surface area contributed by atoms with E-state index in [1.165, 1.54) is 19.1 Å². The zero-order valence-corrected chi connectivity index (χ0v) is 19.4. The summed E-state index contributed by atoms with van der Waals surface area (Å²) in [5, 5.41) is 34.2. The molecule has 0 fully saturated rings. The predicted molar refractivity (Wildman–Crippen MR) is 124 cm³/mol. The maximum absolute atomic E-state index is 12.8. The van der Waals surface area contributed by atoms with Crippen molar-refractivity contribution < 1.29 is 39.3 Å². The number of carbonyl (C=O) groups is 5. The monoisotopic (exact) mass is 495 g/mol. The van der Waals surface area contributed by atoms with E-state index in [1.807, 2.05) is 0 Å². The first-order chi connectivity index (χ1) is 16.4. The van der Waals surface area contributed by atoms with Crippen LogP contribution in [-0.2, 0) is 30.4 Å². The number of carboxylic acids is 2. The molecule has 13 heteroatoms. The number of carboxylic acid groups (broad SMARTS) is 2. The summed E-state index contributed by atoms with van der Waals surface area (Å²) in [6.45, 7) is 1.67. The Morgan fingerprint density at radius 2 is 1.49 bits per heavy atom. The van der Waals surface area contributed by atoms with Gasteiger partial charge in [0.1, 0.15) is 23.9 Å². The van der Waals surface area contributed by atoms with Crippen LogP contribution in [0.25, 0.3) is 0 Å². The fourth-order valence-corrected chi connectivity index (χ4v) is 3.07. The lowest BCUT2D eigenvalue weighted by molar-refractivity contribution is -0.147. The summed E-state index contributed by atoms with van der Waals surface area (Å²) in [5.74, 6) is -5.08. The Bertz CT molecular complexity index is 892. The molecule has 0 aliphatic heterocycles. The summed E-state index contributed by atoms with van der Waals surface area (Å²) in [6.07, 6.45) is 0.625. The van der Waals surface area contributed by atoms with E-state index in [0.29, 0.717) is 24.9 Å². The fourth-order valence-electron chi connectivity index (χ4n) is 3.07. The third kappa shape index (κ3) is 10.8. The highest BCUT2D eigenvalue weighted by molar-refractivity contribution is 5.94. The van der Waals surface area contributed by atoms with Crippen LogP contribution in [0.4, 0.5) is 0 Å². The minimum atomic E-state index is -1.67. The van der Waals surface area contributed by atoms with Gasteiger partial charge in [-0.05, 0) is 56.8 Å². The van der Waals surface area contributed by atoms with E-state index < -0.39 is 60.2 Å². The van der Waals surface area contributed by atoms with Crippen molar-refractivity contribution in [2.24, 2.45) is 11.5 Å². The summed E-state index contributed by atoms with van der Waals surface area (Å²) in [7, 11) is 0. The Morgan fingerprint density at radius 1 is 0.886 bits per heavy atom. The average Bonchev–Trinajstić information content (AvgIpc) is 2.78. The van der Waals surface area contributed by atoms with Crippen molar-refractivity contribution in [3.8, 4) is 5.75 Å². The molecular formula is C22H33N5O8. The molecular weight excluding hydrogens is 462 g/mol. The third-order valence-electron chi connectivity index (χ3n) is 5.05. The van der Waals surface area contributed by atoms with E-state index in [-0.39, 0.29) is 18.6 Å². The number of hydrogen-bond donors (Lipinski definition) is 8. The molecule has 0 aliphatic carbocycles. The number of nitrogens with one attached hydrogen (secondary N) is 3. The minimum Gasteiger partial charge on any atom is -0.508 e. The van der Waals surface area contributed by atoms with E-state index in [4.69, 9.17) is 21.7 Å². The molecule has 0 radical (unpaired) electrons. The molecule has 0 bridgehead atoms. The lowest BCUT2D eigenvalue weighted by Gasteiger charge is -2.23. The van der Waals surface area contributed by atoms with Crippen molar-refractivity contribution in [1.29, 1.82) is 0 Å². The van der Waals surface area contributed by atoms with Crippen LogP contribution in [0.3, 0.4) is 0 Å². The number of rotatable bonds is 15. The van der Waals surface area contributed by atoms with Gasteiger partial charge in [0.05, 0.1) is 12.5 Å². The van der Waals surface area contributed by atoms with Crippen LogP contribution in [0.2, 0.25) is 0 Å². The van der Waals surface area contributed by atoms with Crippen LogP contribution < -0.4 is 27.4 Å². The molecule has 35 heavy (non-hydrogen) atoms. The Hall–Kier alpha value is -3.71. The Balaban J connectivity index is 2.79. The number of aromatic hydroxyl groups is 1. The van der Waals surface area contributed by atoms with Crippen LogP contribution in [0.1, 0.15) is 38.2 Å². The van der Waals surface area contributed by atoms with E-state index in [0.717, 1.165) is 0 Å². The molecule has 13 nitrogen and oxygen atoms in total. The zero-order chi connectivity index (χ0) is 26.5. The van der Waals surface area contributed by atoms with Crippen molar-refractivity contribution >= 4 is 29.7 Å². The van der Waals surface area contributed by atoms with Crippen molar-refractivity contribution in [3.63, 3.8) is 0 Å². The van der Waals surface area contributed by atoms with Gasteiger partial charge in [-0.3, -0.25) is 19.2 Å². The van der Waals surface area contributed by atoms with Gasteiger partial charge in [-0.1, -0.05) is 12.1 Å². The van der Waals surface area contributed by atoms with Crippen molar-refractivity contribution in [1.82, 2.24) is 16.0 Å². The van der Waals surface area contributed by atoms with Crippen molar-refractivity contribution in [2.45, 2.75) is 63.2 Å². The van der Waals surface area contributed by atoms with Gasteiger partial charge in [-0.15, -0.1) is 0 Å². The quantitative estimate of drug-likeness (QED) is 0.130. The van der Waals surface area contributed by atoms with Gasteiger partial charge in [-0.25, -0.2) is 4.79 Å². The summed E-state index contributed by atoms with van der Waals surface area (Å²) in [5.41, 5.74) is 12.2. The number of aliphatic carboxylic acids is 2. The second-order valence-electron chi connectivity index (χ2n) is 8.05. The van der Waals surface area contributed by atoms with Gasteiger partial charge < -0.3 is 42.7 Å². The van der Waals surface area contributed by atoms with Gasteiger partial charge in [-0.2, -0.15) is 0 Å². The molecule has 1 aromatic rings. The van der Waals surface area contributed by atoms with E-state index >= 15 is 0 Å². The highest BCUT2D eigenvalue weighted by atomic mass is 16.4. The molecule has 0 aromatic heterocycles. The molecule has 0 saturated carbocycles. The maximum Gasteiger partial charge on any atom is 0.326 e. The summed E-state index contributed by atoms with van der Waals surface area (Å²) >= 11 is 0.